The van der Waals surface area contributed by atoms with Crippen LogP contribution in [0.15, 0.2) is 59.2 Å². The number of pyridine rings is 1. The highest BCUT2D eigenvalue weighted by Gasteiger charge is 2.36. The number of nitriles is 1. The predicted molar refractivity (Wildman–Crippen MR) is 133 cm³/mol. The number of aromatic nitrogens is 1. The van der Waals surface area contributed by atoms with E-state index < -0.39 is 0 Å². The van der Waals surface area contributed by atoms with E-state index in [0.717, 1.165) is 61.1 Å². The lowest BCUT2D eigenvalue weighted by Gasteiger charge is -2.51. The summed E-state index contributed by atoms with van der Waals surface area (Å²) in [6.07, 6.45) is 2.86. The van der Waals surface area contributed by atoms with Crippen LogP contribution in [0.1, 0.15) is 18.1 Å². The lowest BCUT2D eigenvalue weighted by molar-refractivity contribution is 0.0356. The second-order valence-electron chi connectivity index (χ2n) is 8.97. The van der Waals surface area contributed by atoms with Gasteiger partial charge in [-0.15, -0.1) is 0 Å². The van der Waals surface area contributed by atoms with Gasteiger partial charge in [-0.1, -0.05) is 28.1 Å². The molecule has 0 spiro atoms. The number of piperazine rings is 2. The van der Waals surface area contributed by atoms with Gasteiger partial charge in [-0.2, -0.15) is 5.26 Å². The van der Waals surface area contributed by atoms with Crippen molar-refractivity contribution in [2.24, 2.45) is 0 Å². The van der Waals surface area contributed by atoms with Gasteiger partial charge in [-0.25, -0.2) is 0 Å². The van der Waals surface area contributed by atoms with Crippen molar-refractivity contribution in [3.05, 3.63) is 70.3 Å². The molecular formula is C26H28BrN5. The third-order valence-corrected chi connectivity index (χ3v) is 7.46. The molecule has 0 saturated carbocycles. The molecule has 1 aromatic heterocycles. The van der Waals surface area contributed by atoms with Gasteiger partial charge < -0.3 is 9.80 Å². The molecule has 0 N–H and O–H groups in total. The summed E-state index contributed by atoms with van der Waals surface area (Å²) in [7, 11) is 0. The minimum Gasteiger partial charge on any atom is -0.368 e. The van der Waals surface area contributed by atoms with Crippen LogP contribution in [-0.2, 0) is 6.42 Å². The van der Waals surface area contributed by atoms with Gasteiger partial charge >= 0.3 is 0 Å². The van der Waals surface area contributed by atoms with E-state index in [9.17, 15) is 5.26 Å². The molecular weight excluding hydrogens is 462 g/mol. The van der Waals surface area contributed by atoms with Crippen molar-refractivity contribution >= 4 is 32.5 Å². The van der Waals surface area contributed by atoms with Crippen LogP contribution < -0.4 is 4.90 Å². The Bertz CT molecular complexity index is 1140. The van der Waals surface area contributed by atoms with Crippen LogP contribution in [0.5, 0.6) is 0 Å². The lowest BCUT2D eigenvalue weighted by Crippen LogP contribution is -2.65. The van der Waals surface area contributed by atoms with Gasteiger partial charge in [0.25, 0.3) is 0 Å². The Balaban J connectivity index is 1.32. The monoisotopic (exact) mass is 489 g/mol. The molecule has 2 aromatic carbocycles. The third-order valence-electron chi connectivity index (χ3n) is 6.93. The van der Waals surface area contributed by atoms with Crippen molar-refractivity contribution in [2.75, 3.05) is 44.2 Å². The van der Waals surface area contributed by atoms with Crippen LogP contribution in [-0.4, -0.2) is 66.1 Å². The van der Waals surface area contributed by atoms with Crippen molar-refractivity contribution in [1.82, 2.24) is 14.8 Å². The second-order valence-corrected chi connectivity index (χ2v) is 9.88. The Morgan fingerprint density at radius 3 is 2.72 bits per heavy atom. The maximum absolute atomic E-state index is 9.49. The Kier molecular flexibility index (Phi) is 6.14. The molecule has 0 radical (unpaired) electrons. The van der Waals surface area contributed by atoms with Crippen LogP contribution in [0, 0.1) is 11.3 Å². The van der Waals surface area contributed by atoms with Crippen LogP contribution in [0.3, 0.4) is 0 Å². The molecule has 2 saturated heterocycles. The molecule has 6 heteroatoms. The SMILES string of the molecule is C[C@@H]1CN(c2ccc(C#N)c3ncccc23)C[C@@H]2CN(CCc3ccc(Br)cc3)CCN21. The molecule has 32 heavy (non-hydrogen) atoms. The molecule has 2 aliphatic rings. The highest BCUT2D eigenvalue weighted by atomic mass is 79.9. The highest BCUT2D eigenvalue weighted by Crippen LogP contribution is 2.31. The number of hydrogen-bond acceptors (Lipinski definition) is 5. The molecule has 3 heterocycles. The zero-order valence-electron chi connectivity index (χ0n) is 18.4. The first kappa shape index (κ1) is 21.4. The Morgan fingerprint density at radius 1 is 1.06 bits per heavy atom. The molecule has 3 aromatic rings. The fourth-order valence-electron chi connectivity index (χ4n) is 5.29. The molecule has 5 nitrogen and oxygen atoms in total. The van der Waals surface area contributed by atoms with Gasteiger partial charge in [0.1, 0.15) is 6.07 Å². The number of hydrogen-bond donors (Lipinski definition) is 0. The van der Waals surface area contributed by atoms with E-state index in [2.05, 4.69) is 85.0 Å². The largest absolute Gasteiger partial charge is 0.368 e. The fraction of sp³-hybridized carbons (Fsp3) is 0.385. The minimum atomic E-state index is 0.504. The topological polar surface area (TPSA) is 46.4 Å². The zero-order valence-corrected chi connectivity index (χ0v) is 20.0. The molecule has 0 aliphatic carbocycles. The van der Waals surface area contributed by atoms with Crippen molar-refractivity contribution in [3.8, 4) is 6.07 Å². The fourth-order valence-corrected chi connectivity index (χ4v) is 5.56. The van der Waals surface area contributed by atoms with Gasteiger partial charge in [0.05, 0.1) is 11.1 Å². The number of nitrogens with zero attached hydrogens (tertiary/aromatic N) is 5. The smallest absolute Gasteiger partial charge is 0.101 e. The maximum Gasteiger partial charge on any atom is 0.101 e. The summed E-state index contributed by atoms with van der Waals surface area (Å²) in [6.45, 7) is 8.84. The molecule has 0 bridgehead atoms. The van der Waals surface area contributed by atoms with Gasteiger partial charge in [0, 0.05) is 73.1 Å². The van der Waals surface area contributed by atoms with E-state index >= 15 is 0 Å². The number of rotatable bonds is 4. The normalized spacial score (nSPS) is 22.0. The Hall–Kier alpha value is -2.46. The first-order valence-electron chi connectivity index (χ1n) is 11.4. The van der Waals surface area contributed by atoms with E-state index in [0.29, 0.717) is 17.6 Å². The number of halogens is 1. The first-order chi connectivity index (χ1) is 15.6. The van der Waals surface area contributed by atoms with E-state index in [1.807, 2.05) is 12.1 Å². The number of benzene rings is 2. The van der Waals surface area contributed by atoms with Gasteiger partial charge in [-0.05, 0) is 55.3 Å². The maximum atomic E-state index is 9.49. The summed E-state index contributed by atoms with van der Waals surface area (Å²) in [4.78, 5) is 12.3. The lowest BCUT2D eigenvalue weighted by atomic mass is 10.0. The molecule has 2 aliphatic heterocycles. The summed E-state index contributed by atoms with van der Waals surface area (Å²) < 4.78 is 1.14. The quantitative estimate of drug-likeness (QED) is 0.546. The molecule has 0 amide bonds. The predicted octanol–water partition coefficient (Wildman–Crippen LogP) is 4.31. The van der Waals surface area contributed by atoms with E-state index in [1.54, 1.807) is 6.20 Å². The average molecular weight is 490 g/mol. The summed E-state index contributed by atoms with van der Waals surface area (Å²) in [6, 6.07) is 20.1. The molecule has 2 fully saturated rings. The number of fused-ring (bicyclic) bond motifs is 2. The molecule has 5 rings (SSSR count). The Morgan fingerprint density at radius 2 is 1.91 bits per heavy atom. The van der Waals surface area contributed by atoms with Crippen LogP contribution in [0.25, 0.3) is 10.9 Å². The van der Waals surface area contributed by atoms with Crippen molar-refractivity contribution < 1.29 is 0 Å². The third kappa shape index (κ3) is 4.25. The summed E-state index contributed by atoms with van der Waals surface area (Å²) in [5, 5.41) is 10.6. The highest BCUT2D eigenvalue weighted by molar-refractivity contribution is 9.10. The van der Waals surface area contributed by atoms with Gasteiger partial charge in [-0.3, -0.25) is 9.88 Å². The van der Waals surface area contributed by atoms with Crippen LogP contribution >= 0.6 is 15.9 Å². The zero-order chi connectivity index (χ0) is 22.1. The summed E-state index contributed by atoms with van der Waals surface area (Å²) >= 11 is 3.52. The van der Waals surface area contributed by atoms with E-state index in [-0.39, 0.29) is 0 Å². The number of anilines is 1. The molecule has 2 atom stereocenters. The summed E-state index contributed by atoms with van der Waals surface area (Å²) in [5.41, 5.74) is 4.05. The van der Waals surface area contributed by atoms with Crippen molar-refractivity contribution in [2.45, 2.75) is 25.4 Å². The van der Waals surface area contributed by atoms with Crippen LogP contribution in [0.4, 0.5) is 5.69 Å². The average Bonchev–Trinajstić information content (AvgIpc) is 2.82. The van der Waals surface area contributed by atoms with Gasteiger partial charge in [0.15, 0.2) is 0 Å². The molecule has 164 valence electrons. The Labute approximate surface area is 198 Å². The summed E-state index contributed by atoms with van der Waals surface area (Å²) in [5.74, 6) is 0. The molecule has 0 unspecified atom stereocenters. The van der Waals surface area contributed by atoms with E-state index in [1.165, 1.54) is 11.3 Å². The standard InChI is InChI=1S/C26H28BrN5/c1-19-16-31(25-9-6-21(15-28)26-24(25)3-2-11-29-26)18-23-17-30(13-14-32(19)23)12-10-20-4-7-22(27)8-5-20/h2-9,11,19,23H,10,12-14,16-18H2,1H3/t19-,23+/m1/s1. The first-order valence-corrected chi connectivity index (χ1v) is 12.2. The van der Waals surface area contributed by atoms with Crippen molar-refractivity contribution in [1.29, 1.82) is 5.26 Å². The minimum absolute atomic E-state index is 0.504. The van der Waals surface area contributed by atoms with E-state index in [4.69, 9.17) is 0 Å². The van der Waals surface area contributed by atoms with Crippen LogP contribution in [0.2, 0.25) is 0 Å². The van der Waals surface area contributed by atoms with Crippen molar-refractivity contribution in [3.63, 3.8) is 0 Å². The van der Waals surface area contributed by atoms with Gasteiger partial charge in [0.2, 0.25) is 0 Å². The second kappa shape index (κ2) is 9.19.